The molecule has 4 nitrogen and oxygen atoms in total. The van der Waals surface area contributed by atoms with Crippen molar-refractivity contribution in [2.75, 3.05) is 0 Å². The standard InChI is InChI=1S/C25H36N2O2/c1-4-27-15-16(14-26-27)11-17-12-22-20-6-5-18-13-19(28)7-9-24(18,2)21(20)8-10-25(22,3)23(17)29/h11,14-15,18-22,28H,4-10,12-13H2,1-3H3/b17-11-/t18-,19+,20-,21+,22+,24-,25-/m0/s1. The van der Waals surface area contributed by atoms with Crippen LogP contribution in [0.3, 0.4) is 0 Å². The SMILES string of the molecule is CCn1cc(/C=C2/C[C@@H]3[C@H]4CC[C@H]5C[C@H](O)CC[C@]5(C)[C@@H]4CC[C@]3(C)C2=O)cn1. The molecular weight excluding hydrogens is 360 g/mol. The summed E-state index contributed by atoms with van der Waals surface area (Å²) in [6, 6.07) is 0. The van der Waals surface area contributed by atoms with Gasteiger partial charge in [-0.3, -0.25) is 9.48 Å². The zero-order chi connectivity index (χ0) is 20.4. The highest BCUT2D eigenvalue weighted by molar-refractivity contribution is 6.05. The molecule has 4 fully saturated rings. The molecular formula is C25H36N2O2. The summed E-state index contributed by atoms with van der Waals surface area (Å²) in [5.41, 5.74) is 2.28. The highest BCUT2D eigenvalue weighted by atomic mass is 16.3. The van der Waals surface area contributed by atoms with Gasteiger partial charge in [0.05, 0.1) is 12.3 Å². The van der Waals surface area contributed by atoms with Crippen molar-refractivity contribution in [2.45, 2.75) is 84.8 Å². The summed E-state index contributed by atoms with van der Waals surface area (Å²) in [7, 11) is 0. The van der Waals surface area contributed by atoms with Gasteiger partial charge in [0.1, 0.15) is 0 Å². The molecule has 1 aromatic rings. The molecule has 1 aromatic heterocycles. The minimum absolute atomic E-state index is 0.0925. The first-order valence-corrected chi connectivity index (χ1v) is 11.8. The normalized spacial score (nSPS) is 45.7. The Morgan fingerprint density at radius 3 is 2.79 bits per heavy atom. The summed E-state index contributed by atoms with van der Waals surface area (Å²) in [4.78, 5) is 13.5. The van der Waals surface area contributed by atoms with Gasteiger partial charge in [-0.25, -0.2) is 0 Å². The summed E-state index contributed by atoms with van der Waals surface area (Å²) in [5, 5.41) is 14.6. The summed E-state index contributed by atoms with van der Waals surface area (Å²) in [6.45, 7) is 7.71. The average Bonchev–Trinajstić information content (AvgIpc) is 3.26. The van der Waals surface area contributed by atoms with Crippen LogP contribution in [0, 0.1) is 34.5 Å². The van der Waals surface area contributed by atoms with E-state index in [0.717, 1.165) is 55.7 Å². The number of allylic oxidation sites excluding steroid dienone is 1. The molecule has 0 saturated heterocycles. The number of ketones is 1. The van der Waals surface area contributed by atoms with E-state index in [1.807, 2.05) is 17.1 Å². The molecule has 5 rings (SSSR count). The Balaban J connectivity index is 1.43. The van der Waals surface area contributed by atoms with E-state index >= 15 is 0 Å². The number of aliphatic hydroxyl groups is 1. The largest absolute Gasteiger partial charge is 0.393 e. The van der Waals surface area contributed by atoms with Crippen LogP contribution in [0.4, 0.5) is 0 Å². The first-order chi connectivity index (χ1) is 13.8. The van der Waals surface area contributed by atoms with E-state index in [1.165, 1.54) is 19.3 Å². The molecule has 0 unspecified atom stereocenters. The second-order valence-electron chi connectivity index (χ2n) is 10.9. The van der Waals surface area contributed by atoms with E-state index in [-0.39, 0.29) is 11.5 Å². The molecule has 4 aliphatic carbocycles. The first kappa shape index (κ1) is 19.5. The van der Waals surface area contributed by atoms with E-state index in [2.05, 4.69) is 31.9 Å². The fourth-order valence-corrected chi connectivity index (χ4v) is 7.86. The van der Waals surface area contributed by atoms with Crippen molar-refractivity contribution >= 4 is 11.9 Å². The average molecular weight is 397 g/mol. The van der Waals surface area contributed by atoms with Crippen LogP contribution in [0.15, 0.2) is 18.0 Å². The Morgan fingerprint density at radius 1 is 1.21 bits per heavy atom. The van der Waals surface area contributed by atoms with Gasteiger partial charge in [0.2, 0.25) is 0 Å². The maximum atomic E-state index is 13.5. The summed E-state index contributed by atoms with van der Waals surface area (Å²) < 4.78 is 1.93. The number of fused-ring (bicyclic) bond motifs is 5. The van der Waals surface area contributed by atoms with Gasteiger partial charge >= 0.3 is 0 Å². The molecule has 0 aliphatic heterocycles. The third-order valence-electron chi connectivity index (χ3n) is 9.60. The van der Waals surface area contributed by atoms with Crippen LogP contribution in [-0.4, -0.2) is 26.8 Å². The van der Waals surface area contributed by atoms with Crippen LogP contribution in [0.1, 0.15) is 77.7 Å². The third kappa shape index (κ3) is 2.89. The first-order valence-electron chi connectivity index (χ1n) is 11.8. The third-order valence-corrected chi connectivity index (χ3v) is 9.60. The molecule has 158 valence electrons. The quantitative estimate of drug-likeness (QED) is 0.726. The zero-order valence-electron chi connectivity index (χ0n) is 18.2. The lowest BCUT2D eigenvalue weighted by Gasteiger charge is -2.59. The minimum Gasteiger partial charge on any atom is -0.393 e. The molecule has 0 radical (unpaired) electrons. The lowest BCUT2D eigenvalue weighted by molar-refractivity contribution is -0.141. The van der Waals surface area contributed by atoms with Gasteiger partial charge in [-0.2, -0.15) is 5.10 Å². The number of Topliss-reactive ketones (excluding diaryl/α,β-unsaturated/α-hetero) is 1. The van der Waals surface area contributed by atoms with Gasteiger partial charge in [0.15, 0.2) is 5.78 Å². The molecule has 1 N–H and O–H groups in total. The van der Waals surface area contributed by atoms with E-state index in [0.29, 0.717) is 29.0 Å². The van der Waals surface area contributed by atoms with Crippen molar-refractivity contribution in [2.24, 2.45) is 34.5 Å². The van der Waals surface area contributed by atoms with Gasteiger partial charge in [-0.15, -0.1) is 0 Å². The number of hydrogen-bond donors (Lipinski definition) is 1. The van der Waals surface area contributed by atoms with Crippen molar-refractivity contribution in [1.82, 2.24) is 9.78 Å². The smallest absolute Gasteiger partial charge is 0.165 e. The van der Waals surface area contributed by atoms with Crippen molar-refractivity contribution in [3.63, 3.8) is 0 Å². The van der Waals surface area contributed by atoms with Crippen LogP contribution >= 0.6 is 0 Å². The number of carbonyl (C=O) groups excluding carboxylic acids is 1. The number of nitrogens with zero attached hydrogens (tertiary/aromatic N) is 2. The lowest BCUT2D eigenvalue weighted by Crippen LogP contribution is -2.54. The Kier molecular flexibility index (Phi) is 4.58. The van der Waals surface area contributed by atoms with Crippen LogP contribution in [0.5, 0.6) is 0 Å². The monoisotopic (exact) mass is 396 g/mol. The van der Waals surface area contributed by atoms with E-state index in [1.54, 1.807) is 0 Å². The second-order valence-corrected chi connectivity index (χ2v) is 10.9. The topological polar surface area (TPSA) is 55.1 Å². The molecule has 0 amide bonds. The van der Waals surface area contributed by atoms with Gasteiger partial charge in [-0.1, -0.05) is 13.8 Å². The van der Waals surface area contributed by atoms with Crippen LogP contribution < -0.4 is 0 Å². The molecule has 4 saturated carbocycles. The number of rotatable bonds is 2. The lowest BCUT2D eigenvalue weighted by atomic mass is 9.45. The van der Waals surface area contributed by atoms with Crippen LogP contribution in [-0.2, 0) is 11.3 Å². The van der Waals surface area contributed by atoms with Crippen molar-refractivity contribution in [3.8, 4) is 0 Å². The summed E-state index contributed by atoms with van der Waals surface area (Å²) in [5.74, 6) is 2.95. The molecule has 29 heavy (non-hydrogen) atoms. The van der Waals surface area contributed by atoms with Crippen molar-refractivity contribution in [1.29, 1.82) is 0 Å². The number of aromatic nitrogens is 2. The van der Waals surface area contributed by atoms with Crippen molar-refractivity contribution < 1.29 is 9.90 Å². The summed E-state index contributed by atoms with van der Waals surface area (Å²) in [6.07, 6.45) is 14.7. The molecule has 0 bridgehead atoms. The number of hydrogen-bond acceptors (Lipinski definition) is 3. The molecule has 0 aromatic carbocycles. The van der Waals surface area contributed by atoms with E-state index in [9.17, 15) is 9.90 Å². The van der Waals surface area contributed by atoms with Gasteiger partial charge < -0.3 is 5.11 Å². The maximum absolute atomic E-state index is 13.5. The highest BCUT2D eigenvalue weighted by Crippen LogP contribution is 2.66. The van der Waals surface area contributed by atoms with Crippen LogP contribution in [0.2, 0.25) is 0 Å². The molecule has 7 atom stereocenters. The fraction of sp³-hybridized carbons (Fsp3) is 0.760. The Morgan fingerprint density at radius 2 is 2.03 bits per heavy atom. The molecule has 1 heterocycles. The predicted molar refractivity (Wildman–Crippen MR) is 114 cm³/mol. The maximum Gasteiger partial charge on any atom is 0.165 e. The van der Waals surface area contributed by atoms with Gasteiger partial charge in [0.25, 0.3) is 0 Å². The zero-order valence-corrected chi connectivity index (χ0v) is 18.2. The molecule has 4 aliphatic rings. The van der Waals surface area contributed by atoms with Crippen LogP contribution in [0.25, 0.3) is 6.08 Å². The van der Waals surface area contributed by atoms with E-state index < -0.39 is 0 Å². The predicted octanol–water partition coefficient (Wildman–Crippen LogP) is 4.87. The number of aliphatic hydroxyl groups excluding tert-OH is 1. The fourth-order valence-electron chi connectivity index (χ4n) is 7.86. The molecule has 4 heteroatoms. The van der Waals surface area contributed by atoms with Gasteiger partial charge in [-0.05, 0) is 99.0 Å². The Labute approximate surface area is 174 Å². The highest BCUT2D eigenvalue weighted by Gasteiger charge is 2.61. The Hall–Kier alpha value is -1.42. The summed E-state index contributed by atoms with van der Waals surface area (Å²) >= 11 is 0. The Bertz CT molecular complexity index is 842. The van der Waals surface area contributed by atoms with Gasteiger partial charge in [0, 0.05) is 23.7 Å². The van der Waals surface area contributed by atoms with Crippen molar-refractivity contribution in [3.05, 3.63) is 23.5 Å². The number of carbonyl (C=O) groups is 1. The second kappa shape index (κ2) is 6.80. The van der Waals surface area contributed by atoms with E-state index in [4.69, 9.17) is 0 Å². The molecule has 0 spiro atoms. The number of aryl methyl sites for hydroxylation is 1. The minimum atomic E-state index is -0.175.